The van der Waals surface area contributed by atoms with E-state index >= 15 is 0 Å². The first-order valence-electron chi connectivity index (χ1n) is 7.53. The van der Waals surface area contributed by atoms with Gasteiger partial charge in [0, 0.05) is 11.3 Å². The lowest BCUT2D eigenvalue weighted by Gasteiger charge is -2.15. The summed E-state index contributed by atoms with van der Waals surface area (Å²) in [7, 11) is 1.54. The number of hydrazone groups is 1. The molecule has 0 aromatic heterocycles. The molecule has 0 saturated heterocycles. The molecule has 24 heavy (non-hydrogen) atoms. The number of rotatable bonds is 6. The molecule has 0 heterocycles. The van der Waals surface area contributed by atoms with E-state index in [4.69, 9.17) is 4.74 Å². The van der Waals surface area contributed by atoms with E-state index in [1.807, 2.05) is 31.2 Å². The van der Waals surface area contributed by atoms with Gasteiger partial charge >= 0.3 is 0 Å². The monoisotopic (exact) mass is 327 g/mol. The highest BCUT2D eigenvalue weighted by atomic mass is 16.5. The van der Waals surface area contributed by atoms with Gasteiger partial charge in [-0.05, 0) is 43.7 Å². The number of methoxy groups -OCH3 is 1. The zero-order valence-corrected chi connectivity index (χ0v) is 13.9. The summed E-state index contributed by atoms with van der Waals surface area (Å²) in [5, 5.41) is 16.8. The second-order valence-electron chi connectivity index (χ2n) is 5.34. The number of phenolic OH excluding ortho intramolecular Hbond substituents is 1. The standard InChI is InChI=1S/C18H21N3O3/c1-12-6-4-5-7-16(12)20-13(2)18(23)21-19-11-14-10-15(24-3)8-9-17(14)22/h4-11,13,20,22H,1-3H3,(H,21,23). The number of hydrogen-bond acceptors (Lipinski definition) is 5. The number of anilines is 1. The Kier molecular flexibility index (Phi) is 5.78. The molecule has 2 aromatic rings. The van der Waals surface area contributed by atoms with Gasteiger partial charge in [0.2, 0.25) is 0 Å². The number of aromatic hydroxyl groups is 1. The Bertz CT molecular complexity index is 744. The van der Waals surface area contributed by atoms with Crippen LogP contribution in [0.1, 0.15) is 18.1 Å². The smallest absolute Gasteiger partial charge is 0.262 e. The number of nitrogens with zero attached hydrogens (tertiary/aromatic N) is 1. The topological polar surface area (TPSA) is 83.0 Å². The number of phenols is 1. The molecule has 0 fully saturated rings. The van der Waals surface area contributed by atoms with Crippen molar-refractivity contribution >= 4 is 17.8 Å². The summed E-state index contributed by atoms with van der Waals surface area (Å²) in [6, 6.07) is 12.0. The fraction of sp³-hybridized carbons (Fsp3) is 0.222. The van der Waals surface area contributed by atoms with Crippen LogP contribution in [-0.2, 0) is 4.79 Å². The zero-order chi connectivity index (χ0) is 17.5. The van der Waals surface area contributed by atoms with E-state index in [1.54, 1.807) is 19.1 Å². The van der Waals surface area contributed by atoms with Crippen molar-refractivity contribution in [2.75, 3.05) is 12.4 Å². The second-order valence-corrected chi connectivity index (χ2v) is 5.34. The van der Waals surface area contributed by atoms with Crippen LogP contribution in [0.5, 0.6) is 11.5 Å². The highest BCUT2D eigenvalue weighted by molar-refractivity contribution is 5.88. The number of hydrogen-bond donors (Lipinski definition) is 3. The maximum atomic E-state index is 12.1. The van der Waals surface area contributed by atoms with Crippen LogP contribution >= 0.6 is 0 Å². The predicted molar refractivity (Wildman–Crippen MR) is 94.7 cm³/mol. The van der Waals surface area contributed by atoms with Crippen molar-refractivity contribution in [1.29, 1.82) is 0 Å². The first kappa shape index (κ1) is 17.3. The van der Waals surface area contributed by atoms with E-state index in [9.17, 15) is 9.90 Å². The number of amides is 1. The van der Waals surface area contributed by atoms with E-state index in [0.717, 1.165) is 11.3 Å². The molecule has 2 rings (SSSR count). The second kappa shape index (κ2) is 8.01. The summed E-state index contributed by atoms with van der Waals surface area (Å²) in [6.07, 6.45) is 1.37. The fourth-order valence-electron chi connectivity index (χ4n) is 2.06. The largest absolute Gasteiger partial charge is 0.507 e. The summed E-state index contributed by atoms with van der Waals surface area (Å²) < 4.78 is 5.08. The van der Waals surface area contributed by atoms with E-state index in [-0.39, 0.29) is 11.7 Å². The van der Waals surface area contributed by atoms with Crippen molar-refractivity contribution in [3.05, 3.63) is 53.6 Å². The molecule has 3 N–H and O–H groups in total. The van der Waals surface area contributed by atoms with Gasteiger partial charge in [-0.1, -0.05) is 18.2 Å². The average molecular weight is 327 g/mol. The number of carbonyl (C=O) groups is 1. The Morgan fingerprint density at radius 1 is 1.29 bits per heavy atom. The molecule has 0 aliphatic heterocycles. The summed E-state index contributed by atoms with van der Waals surface area (Å²) in [4.78, 5) is 12.1. The Hall–Kier alpha value is -3.02. The van der Waals surface area contributed by atoms with Crippen molar-refractivity contribution < 1.29 is 14.6 Å². The van der Waals surface area contributed by atoms with Gasteiger partial charge in [-0.15, -0.1) is 0 Å². The van der Waals surface area contributed by atoms with Crippen LogP contribution in [0.25, 0.3) is 0 Å². The van der Waals surface area contributed by atoms with Crippen LogP contribution in [-0.4, -0.2) is 30.4 Å². The van der Waals surface area contributed by atoms with Crippen LogP contribution in [0.4, 0.5) is 5.69 Å². The molecule has 1 atom stereocenters. The lowest BCUT2D eigenvalue weighted by molar-refractivity contribution is -0.121. The summed E-state index contributed by atoms with van der Waals surface area (Å²) in [6.45, 7) is 3.72. The molecule has 6 heteroatoms. The summed E-state index contributed by atoms with van der Waals surface area (Å²) in [5.74, 6) is 0.368. The molecule has 0 aliphatic rings. The van der Waals surface area contributed by atoms with E-state index in [1.165, 1.54) is 19.4 Å². The Morgan fingerprint density at radius 3 is 2.75 bits per heavy atom. The first-order chi connectivity index (χ1) is 11.5. The minimum absolute atomic E-state index is 0.0554. The van der Waals surface area contributed by atoms with E-state index in [0.29, 0.717) is 11.3 Å². The van der Waals surface area contributed by atoms with Crippen molar-refractivity contribution in [2.24, 2.45) is 5.10 Å². The highest BCUT2D eigenvalue weighted by Gasteiger charge is 2.12. The van der Waals surface area contributed by atoms with Crippen molar-refractivity contribution in [3.63, 3.8) is 0 Å². The van der Waals surface area contributed by atoms with Gasteiger partial charge in [0.1, 0.15) is 17.5 Å². The SMILES string of the molecule is COc1ccc(O)c(C=NNC(=O)C(C)Nc2ccccc2C)c1. The number of nitrogens with one attached hydrogen (secondary N) is 2. The normalized spacial score (nSPS) is 12.0. The first-order valence-corrected chi connectivity index (χ1v) is 7.53. The number of ether oxygens (including phenoxy) is 1. The number of aryl methyl sites for hydroxylation is 1. The molecule has 0 radical (unpaired) electrons. The quantitative estimate of drug-likeness (QED) is 0.563. The van der Waals surface area contributed by atoms with E-state index in [2.05, 4.69) is 15.8 Å². The van der Waals surface area contributed by atoms with Gasteiger partial charge in [-0.3, -0.25) is 4.79 Å². The Morgan fingerprint density at radius 2 is 2.04 bits per heavy atom. The number of para-hydroxylation sites is 1. The molecule has 2 aromatic carbocycles. The fourth-order valence-corrected chi connectivity index (χ4v) is 2.06. The van der Waals surface area contributed by atoms with Gasteiger partial charge in [-0.2, -0.15) is 5.10 Å². The summed E-state index contributed by atoms with van der Waals surface area (Å²) in [5.41, 5.74) is 4.86. The Balaban J connectivity index is 1.96. The van der Waals surface area contributed by atoms with Crippen LogP contribution in [0.2, 0.25) is 0 Å². The van der Waals surface area contributed by atoms with Crippen LogP contribution in [0, 0.1) is 6.92 Å². The molecule has 1 unspecified atom stereocenters. The van der Waals surface area contributed by atoms with Gasteiger partial charge in [0.25, 0.3) is 5.91 Å². The highest BCUT2D eigenvalue weighted by Crippen LogP contribution is 2.21. The van der Waals surface area contributed by atoms with Crippen LogP contribution in [0.3, 0.4) is 0 Å². The van der Waals surface area contributed by atoms with Crippen molar-refractivity contribution in [2.45, 2.75) is 19.9 Å². The lowest BCUT2D eigenvalue weighted by atomic mass is 10.2. The van der Waals surface area contributed by atoms with Crippen LogP contribution in [0.15, 0.2) is 47.6 Å². The molecule has 126 valence electrons. The lowest BCUT2D eigenvalue weighted by Crippen LogP contribution is -2.35. The molecular weight excluding hydrogens is 306 g/mol. The van der Waals surface area contributed by atoms with Gasteiger partial charge in [-0.25, -0.2) is 5.43 Å². The number of benzene rings is 2. The van der Waals surface area contributed by atoms with Crippen molar-refractivity contribution in [3.8, 4) is 11.5 Å². The third-order valence-corrected chi connectivity index (χ3v) is 3.52. The Labute approximate surface area is 141 Å². The third kappa shape index (κ3) is 4.49. The van der Waals surface area contributed by atoms with Crippen molar-refractivity contribution in [1.82, 2.24) is 5.43 Å². The zero-order valence-electron chi connectivity index (χ0n) is 13.9. The minimum atomic E-state index is -0.456. The molecule has 0 aliphatic carbocycles. The van der Waals surface area contributed by atoms with Gasteiger partial charge < -0.3 is 15.2 Å². The molecule has 1 amide bonds. The molecule has 0 bridgehead atoms. The maximum Gasteiger partial charge on any atom is 0.262 e. The number of carbonyl (C=O) groups excluding carboxylic acids is 1. The average Bonchev–Trinajstić information content (AvgIpc) is 2.58. The molecular formula is C18H21N3O3. The third-order valence-electron chi connectivity index (χ3n) is 3.52. The molecule has 0 saturated carbocycles. The van der Waals surface area contributed by atoms with Crippen LogP contribution < -0.4 is 15.5 Å². The van der Waals surface area contributed by atoms with Gasteiger partial charge in [0.05, 0.1) is 13.3 Å². The summed E-state index contributed by atoms with van der Waals surface area (Å²) >= 11 is 0. The molecule has 6 nitrogen and oxygen atoms in total. The van der Waals surface area contributed by atoms with Gasteiger partial charge in [0.15, 0.2) is 0 Å². The maximum absolute atomic E-state index is 12.1. The molecule has 0 spiro atoms. The minimum Gasteiger partial charge on any atom is -0.507 e. The van der Waals surface area contributed by atoms with E-state index < -0.39 is 6.04 Å². The predicted octanol–water partition coefficient (Wildman–Crippen LogP) is 2.66.